The molecule has 2 aromatic heterocycles. The number of aryl methyl sites for hydroxylation is 1. The number of benzene rings is 2. The molecule has 1 amide bonds. The van der Waals surface area contributed by atoms with E-state index >= 15 is 0 Å². The van der Waals surface area contributed by atoms with E-state index in [1.807, 2.05) is 49.4 Å². The van der Waals surface area contributed by atoms with Gasteiger partial charge in [0.05, 0.1) is 11.6 Å². The highest BCUT2D eigenvalue weighted by molar-refractivity contribution is 5.94. The Morgan fingerprint density at radius 1 is 1.09 bits per heavy atom. The van der Waals surface area contributed by atoms with E-state index in [0.29, 0.717) is 0 Å². The van der Waals surface area contributed by atoms with Crippen molar-refractivity contribution in [3.63, 3.8) is 0 Å². The largest absolute Gasteiger partial charge is 0.355 e. The van der Waals surface area contributed by atoms with Crippen molar-refractivity contribution in [2.24, 2.45) is 5.92 Å². The molecule has 0 aliphatic carbocycles. The number of hydrogen-bond donors (Lipinski definition) is 2. The zero-order chi connectivity index (χ0) is 21.9. The molecule has 0 radical (unpaired) electrons. The summed E-state index contributed by atoms with van der Waals surface area (Å²) in [5.41, 5.74) is 6.17. The molecule has 1 saturated heterocycles. The van der Waals surface area contributed by atoms with Crippen LogP contribution in [0, 0.1) is 12.8 Å². The number of pyridine rings is 1. The molecular weight excluding hydrogens is 396 g/mol. The van der Waals surface area contributed by atoms with E-state index in [9.17, 15) is 4.79 Å². The molecule has 1 aliphatic heterocycles. The van der Waals surface area contributed by atoms with Crippen molar-refractivity contribution in [1.82, 2.24) is 14.9 Å². The SMILES string of the molecule is Cc1cccc(CN2CCCC(C(=O)Nc3cccc(-c4cc5ccccc5[nH]4)c3)C2)n1. The van der Waals surface area contributed by atoms with Gasteiger partial charge in [0.2, 0.25) is 5.91 Å². The third kappa shape index (κ3) is 4.58. The Morgan fingerprint density at radius 2 is 1.97 bits per heavy atom. The van der Waals surface area contributed by atoms with Crippen molar-refractivity contribution in [3.05, 3.63) is 84.2 Å². The fourth-order valence-electron chi connectivity index (χ4n) is 4.57. The Kier molecular flexibility index (Phi) is 5.73. The van der Waals surface area contributed by atoms with Gasteiger partial charge in [-0.05, 0) is 62.7 Å². The first-order valence-electron chi connectivity index (χ1n) is 11.3. The number of nitrogens with one attached hydrogen (secondary N) is 2. The minimum absolute atomic E-state index is 0.00899. The predicted molar refractivity (Wildman–Crippen MR) is 129 cm³/mol. The van der Waals surface area contributed by atoms with Crippen LogP contribution in [0.5, 0.6) is 0 Å². The van der Waals surface area contributed by atoms with Crippen molar-refractivity contribution < 1.29 is 4.79 Å². The molecule has 4 aromatic rings. The van der Waals surface area contributed by atoms with Gasteiger partial charge in [-0.15, -0.1) is 0 Å². The molecule has 3 heterocycles. The van der Waals surface area contributed by atoms with Gasteiger partial charge in [0, 0.05) is 46.6 Å². The molecule has 1 aliphatic rings. The van der Waals surface area contributed by atoms with E-state index in [2.05, 4.69) is 50.5 Å². The van der Waals surface area contributed by atoms with Crippen LogP contribution in [-0.4, -0.2) is 33.9 Å². The molecule has 0 saturated carbocycles. The summed E-state index contributed by atoms with van der Waals surface area (Å²) in [7, 11) is 0. The van der Waals surface area contributed by atoms with Gasteiger partial charge in [0.1, 0.15) is 0 Å². The molecule has 2 N–H and O–H groups in total. The number of anilines is 1. The molecule has 5 heteroatoms. The van der Waals surface area contributed by atoms with E-state index in [0.717, 1.165) is 66.3 Å². The van der Waals surface area contributed by atoms with Gasteiger partial charge in [0.15, 0.2) is 0 Å². The number of H-pyrrole nitrogens is 1. The number of para-hydroxylation sites is 1. The lowest BCUT2D eigenvalue weighted by Gasteiger charge is -2.31. The molecule has 2 aromatic carbocycles. The topological polar surface area (TPSA) is 61.0 Å². The summed E-state index contributed by atoms with van der Waals surface area (Å²) in [6.45, 7) is 4.58. The highest BCUT2D eigenvalue weighted by atomic mass is 16.1. The first-order chi connectivity index (χ1) is 15.6. The third-order valence-corrected chi connectivity index (χ3v) is 6.18. The number of nitrogens with zero attached hydrogens (tertiary/aromatic N) is 2. The number of rotatable bonds is 5. The Balaban J connectivity index is 1.26. The van der Waals surface area contributed by atoms with Crippen LogP contribution in [0.1, 0.15) is 24.2 Å². The molecule has 0 bridgehead atoms. The molecule has 1 fully saturated rings. The van der Waals surface area contributed by atoms with Crippen molar-refractivity contribution in [2.45, 2.75) is 26.3 Å². The predicted octanol–water partition coefficient (Wildman–Crippen LogP) is 5.39. The summed E-state index contributed by atoms with van der Waals surface area (Å²) >= 11 is 0. The minimum atomic E-state index is -0.00899. The van der Waals surface area contributed by atoms with Gasteiger partial charge >= 0.3 is 0 Å². The zero-order valence-electron chi connectivity index (χ0n) is 18.3. The Labute approximate surface area is 188 Å². The van der Waals surface area contributed by atoms with Crippen LogP contribution in [0.15, 0.2) is 72.8 Å². The Bertz CT molecular complexity index is 1210. The first kappa shape index (κ1) is 20.5. The second-order valence-electron chi connectivity index (χ2n) is 8.68. The lowest BCUT2D eigenvalue weighted by molar-refractivity contribution is -0.121. The highest BCUT2D eigenvalue weighted by Crippen LogP contribution is 2.27. The highest BCUT2D eigenvalue weighted by Gasteiger charge is 2.26. The van der Waals surface area contributed by atoms with E-state index in [4.69, 9.17) is 0 Å². The normalized spacial score (nSPS) is 16.8. The monoisotopic (exact) mass is 424 g/mol. The summed E-state index contributed by atoms with van der Waals surface area (Å²) in [6.07, 6.45) is 1.95. The molecule has 0 spiro atoms. The number of amides is 1. The van der Waals surface area contributed by atoms with Gasteiger partial charge in [0.25, 0.3) is 0 Å². The summed E-state index contributed by atoms with van der Waals surface area (Å²) in [6, 6.07) is 24.6. The number of piperidine rings is 1. The number of carbonyl (C=O) groups excluding carboxylic acids is 1. The average molecular weight is 425 g/mol. The number of hydrogen-bond acceptors (Lipinski definition) is 3. The number of likely N-dealkylation sites (tertiary alicyclic amines) is 1. The smallest absolute Gasteiger partial charge is 0.228 e. The molecule has 1 atom stereocenters. The minimum Gasteiger partial charge on any atom is -0.355 e. The van der Waals surface area contributed by atoms with Gasteiger partial charge in [-0.1, -0.05) is 36.4 Å². The standard InChI is InChI=1S/C27H28N4O/c1-19-7-4-12-24(28-19)18-31-14-6-10-22(17-31)27(32)29-23-11-5-9-20(15-23)26-16-21-8-2-3-13-25(21)30-26/h2-5,7-9,11-13,15-16,22,30H,6,10,14,17-18H2,1H3,(H,29,32). The maximum atomic E-state index is 13.0. The van der Waals surface area contributed by atoms with Gasteiger partial charge in [-0.3, -0.25) is 14.7 Å². The second-order valence-corrected chi connectivity index (χ2v) is 8.68. The van der Waals surface area contributed by atoms with Crippen LogP contribution >= 0.6 is 0 Å². The van der Waals surface area contributed by atoms with Crippen LogP contribution < -0.4 is 5.32 Å². The van der Waals surface area contributed by atoms with Crippen molar-refractivity contribution in [2.75, 3.05) is 18.4 Å². The van der Waals surface area contributed by atoms with Crippen LogP contribution in [0.25, 0.3) is 22.2 Å². The fourth-order valence-corrected chi connectivity index (χ4v) is 4.57. The molecular formula is C27H28N4O. The summed E-state index contributed by atoms with van der Waals surface area (Å²) in [4.78, 5) is 23.5. The average Bonchev–Trinajstić information content (AvgIpc) is 3.24. The summed E-state index contributed by atoms with van der Waals surface area (Å²) in [5, 5.41) is 4.34. The lowest BCUT2D eigenvalue weighted by atomic mass is 9.96. The van der Waals surface area contributed by atoms with E-state index in [1.165, 1.54) is 5.39 Å². The first-order valence-corrected chi connectivity index (χ1v) is 11.3. The van der Waals surface area contributed by atoms with Crippen molar-refractivity contribution in [3.8, 4) is 11.3 Å². The van der Waals surface area contributed by atoms with Gasteiger partial charge < -0.3 is 10.3 Å². The Hall–Kier alpha value is -3.44. The van der Waals surface area contributed by atoms with E-state index in [-0.39, 0.29) is 11.8 Å². The maximum absolute atomic E-state index is 13.0. The van der Waals surface area contributed by atoms with E-state index < -0.39 is 0 Å². The molecule has 32 heavy (non-hydrogen) atoms. The van der Waals surface area contributed by atoms with Crippen LogP contribution in [0.2, 0.25) is 0 Å². The second kappa shape index (κ2) is 8.97. The maximum Gasteiger partial charge on any atom is 0.228 e. The summed E-state index contributed by atoms with van der Waals surface area (Å²) in [5.74, 6) is 0.0889. The molecule has 162 valence electrons. The quantitative estimate of drug-likeness (QED) is 0.452. The van der Waals surface area contributed by atoms with Crippen molar-refractivity contribution in [1.29, 1.82) is 0 Å². The van der Waals surface area contributed by atoms with Gasteiger partial charge in [-0.25, -0.2) is 0 Å². The number of carbonyl (C=O) groups is 1. The molecule has 5 nitrogen and oxygen atoms in total. The van der Waals surface area contributed by atoms with Crippen LogP contribution in [0.4, 0.5) is 5.69 Å². The van der Waals surface area contributed by atoms with E-state index in [1.54, 1.807) is 0 Å². The molecule has 1 unspecified atom stereocenters. The third-order valence-electron chi connectivity index (χ3n) is 6.18. The number of aromatic nitrogens is 2. The van der Waals surface area contributed by atoms with Gasteiger partial charge in [-0.2, -0.15) is 0 Å². The fraction of sp³-hybridized carbons (Fsp3) is 0.259. The molecule has 5 rings (SSSR count). The Morgan fingerprint density at radius 3 is 2.84 bits per heavy atom. The lowest BCUT2D eigenvalue weighted by Crippen LogP contribution is -2.40. The zero-order valence-corrected chi connectivity index (χ0v) is 18.3. The van der Waals surface area contributed by atoms with Crippen LogP contribution in [0.3, 0.4) is 0 Å². The number of fused-ring (bicyclic) bond motifs is 1. The van der Waals surface area contributed by atoms with Crippen molar-refractivity contribution >= 4 is 22.5 Å². The van der Waals surface area contributed by atoms with Crippen LogP contribution in [-0.2, 0) is 11.3 Å². The number of aromatic amines is 1. The summed E-state index contributed by atoms with van der Waals surface area (Å²) < 4.78 is 0.